The van der Waals surface area contributed by atoms with Gasteiger partial charge in [-0.1, -0.05) is 0 Å². The molecule has 1 atom stereocenters. The van der Waals surface area contributed by atoms with Gasteiger partial charge in [0, 0.05) is 18.2 Å². The van der Waals surface area contributed by atoms with E-state index in [2.05, 4.69) is 23.3 Å². The quantitative estimate of drug-likeness (QED) is 0.827. The van der Waals surface area contributed by atoms with E-state index in [-0.39, 0.29) is 0 Å². The zero-order chi connectivity index (χ0) is 11.4. The molecule has 1 aliphatic heterocycles. The van der Waals surface area contributed by atoms with Crippen molar-refractivity contribution in [2.75, 3.05) is 20.1 Å². The van der Waals surface area contributed by atoms with Gasteiger partial charge in [-0.15, -0.1) is 0 Å². The van der Waals surface area contributed by atoms with Crippen molar-refractivity contribution in [1.82, 2.24) is 10.2 Å². The molecule has 1 aromatic rings. The molecule has 1 saturated heterocycles. The minimum Gasteiger partial charge on any atom is -0.469 e. The molecule has 0 spiro atoms. The Bertz CT molecular complexity index is 315. The molecule has 1 aromatic heterocycles. The number of nitrogens with zero attached hydrogens (tertiary/aromatic N) is 1. The van der Waals surface area contributed by atoms with Crippen LogP contribution in [0.5, 0.6) is 0 Å². The summed E-state index contributed by atoms with van der Waals surface area (Å²) < 4.78 is 5.30. The van der Waals surface area contributed by atoms with E-state index in [9.17, 15) is 0 Å². The molecule has 1 aliphatic rings. The van der Waals surface area contributed by atoms with Crippen molar-refractivity contribution in [2.24, 2.45) is 0 Å². The summed E-state index contributed by atoms with van der Waals surface area (Å²) in [5.74, 6) is 1.05. The first kappa shape index (κ1) is 11.7. The molecule has 0 saturated carbocycles. The average Bonchev–Trinajstić information content (AvgIpc) is 2.88. The van der Waals surface area contributed by atoms with Gasteiger partial charge in [0.15, 0.2) is 0 Å². The summed E-state index contributed by atoms with van der Waals surface area (Å²) in [5, 5.41) is 3.54. The van der Waals surface area contributed by atoms with Crippen LogP contribution in [0.2, 0.25) is 0 Å². The Morgan fingerprint density at radius 3 is 3.06 bits per heavy atom. The second-order valence-corrected chi connectivity index (χ2v) is 4.82. The van der Waals surface area contributed by atoms with Gasteiger partial charge in [0.05, 0.1) is 6.26 Å². The topological polar surface area (TPSA) is 28.4 Å². The zero-order valence-electron chi connectivity index (χ0n) is 10.3. The number of hydrogen-bond donors (Lipinski definition) is 1. The van der Waals surface area contributed by atoms with Crippen LogP contribution >= 0.6 is 0 Å². The molecular weight excluding hydrogens is 200 g/mol. The Morgan fingerprint density at radius 1 is 1.56 bits per heavy atom. The van der Waals surface area contributed by atoms with Crippen LogP contribution in [0.25, 0.3) is 0 Å². The predicted molar refractivity (Wildman–Crippen MR) is 65.4 cm³/mol. The molecule has 1 unspecified atom stereocenters. The molecule has 0 amide bonds. The van der Waals surface area contributed by atoms with Gasteiger partial charge in [-0.05, 0) is 52.4 Å². The second-order valence-electron chi connectivity index (χ2n) is 4.82. The Balaban J connectivity index is 1.71. The number of hydrogen-bond acceptors (Lipinski definition) is 3. The fourth-order valence-corrected chi connectivity index (χ4v) is 2.32. The third-order valence-electron chi connectivity index (χ3n) is 3.43. The first-order valence-corrected chi connectivity index (χ1v) is 6.20. The molecule has 0 aromatic carbocycles. The van der Waals surface area contributed by atoms with Gasteiger partial charge in [-0.2, -0.15) is 0 Å². The molecule has 0 radical (unpaired) electrons. The molecular formula is C13H22N2O. The lowest BCUT2D eigenvalue weighted by Crippen LogP contribution is -2.28. The molecule has 0 aliphatic carbocycles. The van der Waals surface area contributed by atoms with Crippen molar-refractivity contribution in [2.45, 2.75) is 38.8 Å². The largest absolute Gasteiger partial charge is 0.469 e. The lowest BCUT2D eigenvalue weighted by molar-refractivity contribution is 0.303. The third kappa shape index (κ3) is 3.09. The van der Waals surface area contributed by atoms with Crippen LogP contribution in [0, 0.1) is 6.92 Å². The molecule has 0 bridgehead atoms. The van der Waals surface area contributed by atoms with Crippen LogP contribution in [0.15, 0.2) is 16.7 Å². The van der Waals surface area contributed by atoms with Gasteiger partial charge in [-0.25, -0.2) is 0 Å². The summed E-state index contributed by atoms with van der Waals surface area (Å²) in [6.07, 6.45) is 5.72. The lowest BCUT2D eigenvalue weighted by atomic mass is 10.1. The number of aryl methyl sites for hydroxylation is 1. The summed E-state index contributed by atoms with van der Waals surface area (Å²) in [5.41, 5.74) is 1.31. The molecule has 1 N–H and O–H groups in total. The summed E-state index contributed by atoms with van der Waals surface area (Å²) in [4.78, 5) is 2.37. The summed E-state index contributed by atoms with van der Waals surface area (Å²) in [6.45, 7) is 5.38. The molecule has 2 heterocycles. The Hall–Kier alpha value is -0.800. The number of nitrogens with one attached hydrogen (secondary N) is 1. The molecule has 2 rings (SSSR count). The van der Waals surface area contributed by atoms with Gasteiger partial charge in [0.2, 0.25) is 0 Å². The van der Waals surface area contributed by atoms with E-state index < -0.39 is 0 Å². The average molecular weight is 222 g/mol. The highest BCUT2D eigenvalue weighted by Gasteiger charge is 2.14. The van der Waals surface area contributed by atoms with E-state index in [4.69, 9.17) is 4.42 Å². The van der Waals surface area contributed by atoms with Gasteiger partial charge in [-0.3, -0.25) is 0 Å². The van der Waals surface area contributed by atoms with Crippen molar-refractivity contribution in [3.63, 3.8) is 0 Å². The minimum absolute atomic E-state index is 0.743. The van der Waals surface area contributed by atoms with Crippen LogP contribution in [-0.2, 0) is 6.54 Å². The van der Waals surface area contributed by atoms with Crippen LogP contribution in [0.4, 0.5) is 0 Å². The molecule has 90 valence electrons. The van der Waals surface area contributed by atoms with Gasteiger partial charge >= 0.3 is 0 Å². The maximum absolute atomic E-state index is 5.30. The summed E-state index contributed by atoms with van der Waals surface area (Å²) in [6, 6.07) is 2.81. The van der Waals surface area contributed by atoms with E-state index in [1.165, 1.54) is 31.4 Å². The third-order valence-corrected chi connectivity index (χ3v) is 3.43. The van der Waals surface area contributed by atoms with Crippen molar-refractivity contribution < 1.29 is 4.42 Å². The van der Waals surface area contributed by atoms with E-state index in [0.29, 0.717) is 0 Å². The van der Waals surface area contributed by atoms with Crippen LogP contribution < -0.4 is 5.32 Å². The predicted octanol–water partition coefficient (Wildman–Crippen LogP) is 2.16. The van der Waals surface area contributed by atoms with E-state index in [1.54, 1.807) is 6.26 Å². The van der Waals surface area contributed by atoms with Gasteiger partial charge in [0.25, 0.3) is 0 Å². The maximum Gasteiger partial charge on any atom is 0.105 e. The fraction of sp³-hybridized carbons (Fsp3) is 0.692. The Labute approximate surface area is 97.8 Å². The lowest BCUT2D eigenvalue weighted by Gasteiger charge is -2.18. The molecule has 3 nitrogen and oxygen atoms in total. The van der Waals surface area contributed by atoms with Crippen molar-refractivity contribution >= 4 is 0 Å². The molecule has 1 fully saturated rings. The minimum atomic E-state index is 0.743. The van der Waals surface area contributed by atoms with Crippen LogP contribution in [0.3, 0.4) is 0 Å². The number of furan rings is 1. The standard InChI is InChI=1S/C13H22N2O/c1-11-12(6-9-16-11)10-15(2)8-5-13-4-3-7-14-13/h6,9,13-14H,3-5,7-8,10H2,1-2H3. The van der Waals surface area contributed by atoms with E-state index >= 15 is 0 Å². The summed E-state index contributed by atoms with van der Waals surface area (Å²) in [7, 11) is 2.18. The molecule has 16 heavy (non-hydrogen) atoms. The van der Waals surface area contributed by atoms with Crippen LogP contribution in [0.1, 0.15) is 30.6 Å². The SMILES string of the molecule is Cc1occc1CN(C)CCC1CCCN1. The highest BCUT2D eigenvalue weighted by atomic mass is 16.3. The van der Waals surface area contributed by atoms with Gasteiger partial charge < -0.3 is 14.6 Å². The van der Waals surface area contributed by atoms with Crippen molar-refractivity contribution in [3.8, 4) is 0 Å². The van der Waals surface area contributed by atoms with Crippen molar-refractivity contribution in [3.05, 3.63) is 23.7 Å². The van der Waals surface area contributed by atoms with Crippen molar-refractivity contribution in [1.29, 1.82) is 0 Å². The first-order valence-electron chi connectivity index (χ1n) is 6.20. The molecule has 3 heteroatoms. The summed E-state index contributed by atoms with van der Waals surface area (Å²) >= 11 is 0. The maximum atomic E-state index is 5.30. The fourth-order valence-electron chi connectivity index (χ4n) is 2.32. The first-order chi connectivity index (χ1) is 7.75. The second kappa shape index (κ2) is 5.51. The van der Waals surface area contributed by atoms with Crippen LogP contribution in [-0.4, -0.2) is 31.1 Å². The van der Waals surface area contributed by atoms with Gasteiger partial charge in [0.1, 0.15) is 5.76 Å². The smallest absolute Gasteiger partial charge is 0.105 e. The Kier molecular flexibility index (Phi) is 4.02. The Morgan fingerprint density at radius 2 is 2.44 bits per heavy atom. The monoisotopic (exact) mass is 222 g/mol. The zero-order valence-corrected chi connectivity index (χ0v) is 10.3. The van der Waals surface area contributed by atoms with E-state index in [1.807, 2.05) is 6.92 Å². The normalized spacial score (nSPS) is 20.8. The van der Waals surface area contributed by atoms with E-state index in [0.717, 1.165) is 24.9 Å². The number of rotatable bonds is 5. The highest BCUT2D eigenvalue weighted by Crippen LogP contribution is 2.13. The highest BCUT2D eigenvalue weighted by molar-refractivity contribution is 5.14.